The third-order valence-electron chi connectivity index (χ3n) is 3.31. The molecule has 0 aliphatic rings. The Balaban J connectivity index is 1.72. The number of nitrogens with zero attached hydrogens (tertiary/aromatic N) is 1. The van der Waals surface area contributed by atoms with E-state index in [2.05, 4.69) is 25.6 Å². The summed E-state index contributed by atoms with van der Waals surface area (Å²) in [6.45, 7) is 1.75. The molecule has 0 radical (unpaired) electrons. The molecule has 0 aromatic carbocycles. The fourth-order valence-electron chi connectivity index (χ4n) is 1.97. The first-order valence-electron chi connectivity index (χ1n) is 7.37. The number of rotatable bonds is 7. The highest BCUT2D eigenvalue weighted by Gasteiger charge is 2.12. The molecule has 0 saturated carbocycles. The summed E-state index contributed by atoms with van der Waals surface area (Å²) in [6, 6.07) is 4.21. The van der Waals surface area contributed by atoms with Gasteiger partial charge in [0.25, 0.3) is 5.91 Å². The first kappa shape index (κ1) is 17.4. The Morgan fingerprint density at radius 3 is 2.71 bits per heavy atom. The number of nitrogens with one attached hydrogen (secondary N) is 4. The van der Waals surface area contributed by atoms with Crippen molar-refractivity contribution in [1.82, 2.24) is 25.6 Å². The Morgan fingerprint density at radius 2 is 2.04 bits per heavy atom. The van der Waals surface area contributed by atoms with Crippen LogP contribution in [0.1, 0.15) is 21.9 Å². The number of hydrogen-bond donors (Lipinski definition) is 5. The minimum atomic E-state index is -0.950. The SMILES string of the molecule is Cc1[nH]cnc1CC(=O)NCC(O)CNC(=O)c1cccc(=O)[nH]1. The Bertz CT molecular complexity index is 767. The van der Waals surface area contributed by atoms with Crippen molar-refractivity contribution in [2.24, 2.45) is 0 Å². The van der Waals surface area contributed by atoms with Crippen LogP contribution >= 0.6 is 0 Å². The summed E-state index contributed by atoms with van der Waals surface area (Å²) in [5.74, 6) is -0.784. The van der Waals surface area contributed by atoms with E-state index in [-0.39, 0.29) is 36.7 Å². The van der Waals surface area contributed by atoms with Crippen LogP contribution in [-0.2, 0) is 11.2 Å². The maximum atomic E-state index is 11.8. The van der Waals surface area contributed by atoms with Crippen LogP contribution < -0.4 is 16.2 Å². The van der Waals surface area contributed by atoms with E-state index < -0.39 is 12.0 Å². The van der Waals surface area contributed by atoms with Crippen molar-refractivity contribution in [2.45, 2.75) is 19.4 Å². The molecule has 9 nitrogen and oxygen atoms in total. The van der Waals surface area contributed by atoms with Crippen LogP contribution in [0.5, 0.6) is 0 Å². The average Bonchev–Trinajstić information content (AvgIpc) is 2.95. The van der Waals surface area contributed by atoms with Crippen molar-refractivity contribution >= 4 is 11.8 Å². The molecule has 0 bridgehead atoms. The predicted octanol–water partition coefficient (Wildman–Crippen LogP) is -1.14. The second kappa shape index (κ2) is 8.06. The lowest BCUT2D eigenvalue weighted by Gasteiger charge is -2.12. The van der Waals surface area contributed by atoms with Gasteiger partial charge < -0.3 is 25.7 Å². The third kappa shape index (κ3) is 5.06. The topological polar surface area (TPSA) is 140 Å². The van der Waals surface area contributed by atoms with Crippen LogP contribution in [0.3, 0.4) is 0 Å². The maximum Gasteiger partial charge on any atom is 0.267 e. The van der Waals surface area contributed by atoms with E-state index in [1.165, 1.54) is 24.5 Å². The van der Waals surface area contributed by atoms with Crippen LogP contribution in [0.4, 0.5) is 0 Å². The molecular formula is C15H19N5O4. The van der Waals surface area contributed by atoms with E-state index in [1.54, 1.807) is 0 Å². The van der Waals surface area contributed by atoms with Gasteiger partial charge in [-0.05, 0) is 13.0 Å². The van der Waals surface area contributed by atoms with Gasteiger partial charge in [0.15, 0.2) is 0 Å². The van der Waals surface area contributed by atoms with E-state index in [9.17, 15) is 19.5 Å². The number of imidazole rings is 1. The number of aryl methyl sites for hydroxylation is 1. The summed E-state index contributed by atoms with van der Waals surface area (Å²) in [6.07, 6.45) is 0.671. The van der Waals surface area contributed by atoms with Crippen LogP contribution in [0.25, 0.3) is 0 Å². The number of amides is 2. The summed E-state index contributed by atoms with van der Waals surface area (Å²) in [5, 5.41) is 14.9. The second-order valence-corrected chi connectivity index (χ2v) is 5.25. The summed E-state index contributed by atoms with van der Waals surface area (Å²) in [7, 11) is 0. The van der Waals surface area contributed by atoms with Crippen molar-refractivity contribution in [3.8, 4) is 0 Å². The lowest BCUT2D eigenvalue weighted by molar-refractivity contribution is -0.120. The van der Waals surface area contributed by atoms with Crippen molar-refractivity contribution in [3.05, 3.63) is 52.0 Å². The lowest BCUT2D eigenvalue weighted by Crippen LogP contribution is -2.40. The van der Waals surface area contributed by atoms with Gasteiger partial charge in [-0.15, -0.1) is 0 Å². The van der Waals surface area contributed by atoms with E-state index in [0.29, 0.717) is 5.69 Å². The molecule has 0 aliphatic heterocycles. The zero-order valence-electron chi connectivity index (χ0n) is 13.1. The van der Waals surface area contributed by atoms with Gasteiger partial charge >= 0.3 is 0 Å². The van der Waals surface area contributed by atoms with Crippen molar-refractivity contribution < 1.29 is 14.7 Å². The van der Waals surface area contributed by atoms with Crippen LogP contribution in [0.2, 0.25) is 0 Å². The van der Waals surface area contributed by atoms with Gasteiger partial charge in [0, 0.05) is 24.8 Å². The number of hydrogen-bond acceptors (Lipinski definition) is 5. The molecule has 1 unspecified atom stereocenters. The highest BCUT2D eigenvalue weighted by atomic mass is 16.3. The van der Waals surface area contributed by atoms with Crippen LogP contribution in [0.15, 0.2) is 29.3 Å². The molecule has 2 rings (SSSR count). The first-order valence-corrected chi connectivity index (χ1v) is 7.37. The number of aromatic nitrogens is 3. The summed E-state index contributed by atoms with van der Waals surface area (Å²) in [5.41, 5.74) is 1.18. The van der Waals surface area contributed by atoms with Crippen molar-refractivity contribution in [1.29, 1.82) is 0 Å². The van der Waals surface area contributed by atoms with Crippen LogP contribution in [-0.4, -0.2) is 51.1 Å². The summed E-state index contributed by atoms with van der Waals surface area (Å²) < 4.78 is 0. The molecule has 128 valence electrons. The Morgan fingerprint density at radius 1 is 1.29 bits per heavy atom. The zero-order valence-corrected chi connectivity index (χ0v) is 13.1. The number of aromatic amines is 2. The molecule has 1 atom stereocenters. The predicted molar refractivity (Wildman–Crippen MR) is 85.4 cm³/mol. The van der Waals surface area contributed by atoms with E-state index in [4.69, 9.17) is 0 Å². The summed E-state index contributed by atoms with van der Waals surface area (Å²) in [4.78, 5) is 44.0. The average molecular weight is 333 g/mol. The molecule has 9 heteroatoms. The molecule has 24 heavy (non-hydrogen) atoms. The smallest absolute Gasteiger partial charge is 0.267 e. The molecule has 0 fully saturated rings. The fourth-order valence-corrected chi connectivity index (χ4v) is 1.97. The van der Waals surface area contributed by atoms with E-state index in [1.807, 2.05) is 6.92 Å². The second-order valence-electron chi connectivity index (χ2n) is 5.25. The Kier molecular flexibility index (Phi) is 5.85. The zero-order chi connectivity index (χ0) is 17.5. The number of H-pyrrole nitrogens is 2. The van der Waals surface area contributed by atoms with E-state index >= 15 is 0 Å². The molecule has 0 spiro atoms. The highest BCUT2D eigenvalue weighted by molar-refractivity contribution is 5.92. The van der Waals surface area contributed by atoms with Crippen LogP contribution in [0, 0.1) is 6.92 Å². The Labute approximate surface area is 137 Å². The van der Waals surface area contributed by atoms with Gasteiger partial charge in [-0.3, -0.25) is 14.4 Å². The van der Waals surface area contributed by atoms with Crippen molar-refractivity contribution in [2.75, 3.05) is 13.1 Å². The quantitative estimate of drug-likeness (QED) is 0.435. The minimum Gasteiger partial charge on any atom is -0.389 e. The molecule has 2 aromatic heterocycles. The highest BCUT2D eigenvalue weighted by Crippen LogP contribution is 2.00. The largest absolute Gasteiger partial charge is 0.389 e. The molecule has 2 amide bonds. The molecule has 5 N–H and O–H groups in total. The van der Waals surface area contributed by atoms with Gasteiger partial charge in [-0.25, -0.2) is 4.98 Å². The maximum absolute atomic E-state index is 11.8. The number of pyridine rings is 1. The molecule has 0 aliphatic carbocycles. The molecule has 2 heterocycles. The number of aliphatic hydroxyl groups excluding tert-OH is 1. The van der Waals surface area contributed by atoms with Gasteiger partial charge in [0.2, 0.25) is 11.5 Å². The number of aliphatic hydroxyl groups is 1. The van der Waals surface area contributed by atoms with Gasteiger partial charge in [-0.2, -0.15) is 0 Å². The lowest BCUT2D eigenvalue weighted by atomic mass is 10.2. The fraction of sp³-hybridized carbons (Fsp3) is 0.333. The van der Waals surface area contributed by atoms with Gasteiger partial charge in [-0.1, -0.05) is 6.07 Å². The minimum absolute atomic E-state index is 0.00606. The third-order valence-corrected chi connectivity index (χ3v) is 3.31. The Hall–Kier alpha value is -2.94. The first-order chi connectivity index (χ1) is 11.5. The van der Waals surface area contributed by atoms with Crippen molar-refractivity contribution in [3.63, 3.8) is 0 Å². The summed E-state index contributed by atoms with van der Waals surface area (Å²) >= 11 is 0. The van der Waals surface area contributed by atoms with Gasteiger partial charge in [0.05, 0.1) is 24.5 Å². The van der Waals surface area contributed by atoms with E-state index in [0.717, 1.165) is 5.69 Å². The molecule has 2 aromatic rings. The number of carbonyl (C=O) groups excluding carboxylic acids is 2. The number of carbonyl (C=O) groups is 2. The van der Waals surface area contributed by atoms with Gasteiger partial charge in [0.1, 0.15) is 5.69 Å². The molecule has 0 saturated heterocycles. The monoisotopic (exact) mass is 333 g/mol. The molecular weight excluding hydrogens is 314 g/mol. The standard InChI is InChI=1S/C15H19N5O4/c1-9-12(19-8-18-9)5-14(23)16-6-10(21)7-17-15(24)11-3-2-4-13(22)20-11/h2-4,8,10,21H,5-7H2,1H3,(H,16,23)(H,17,24)(H,18,19)(H,20,22). The normalized spacial score (nSPS) is 11.8.